The Morgan fingerprint density at radius 3 is 2.57 bits per heavy atom. The van der Waals surface area contributed by atoms with Gasteiger partial charge in [-0.25, -0.2) is 8.42 Å². The predicted octanol–water partition coefficient (Wildman–Crippen LogP) is 3.19. The van der Waals surface area contributed by atoms with E-state index in [0.29, 0.717) is 11.3 Å². The van der Waals surface area contributed by atoms with Gasteiger partial charge in [-0.15, -0.1) is 0 Å². The SMILES string of the molecule is Cc1cccc(S(=O)(=O)Nc2cc(Br)ccc2C(N)=S)c1. The van der Waals surface area contributed by atoms with Crippen molar-refractivity contribution in [2.24, 2.45) is 5.73 Å². The number of hydrogen-bond acceptors (Lipinski definition) is 3. The lowest BCUT2D eigenvalue weighted by Crippen LogP contribution is -2.18. The standard InChI is InChI=1S/C14H13BrN2O2S2/c1-9-3-2-4-11(7-9)21(18,19)17-13-8-10(15)5-6-12(13)14(16)20/h2-8,17H,1H3,(H2,16,20). The Bertz CT molecular complexity index is 804. The van der Waals surface area contributed by atoms with Gasteiger partial charge in [0, 0.05) is 10.0 Å². The molecule has 0 atom stereocenters. The first-order valence-corrected chi connectivity index (χ1v) is 8.67. The summed E-state index contributed by atoms with van der Waals surface area (Å²) in [4.78, 5) is 0.320. The molecule has 2 aromatic carbocycles. The van der Waals surface area contributed by atoms with Gasteiger partial charge in [0.2, 0.25) is 0 Å². The zero-order valence-electron chi connectivity index (χ0n) is 11.1. The second-order valence-corrected chi connectivity index (χ2v) is 7.51. The van der Waals surface area contributed by atoms with E-state index in [9.17, 15) is 8.42 Å². The van der Waals surface area contributed by atoms with Gasteiger partial charge >= 0.3 is 0 Å². The fourth-order valence-corrected chi connectivity index (χ4v) is 3.52. The van der Waals surface area contributed by atoms with Crippen LogP contribution >= 0.6 is 28.1 Å². The van der Waals surface area contributed by atoms with Gasteiger partial charge in [-0.2, -0.15) is 0 Å². The summed E-state index contributed by atoms with van der Waals surface area (Å²) in [5.41, 5.74) is 7.31. The Labute approximate surface area is 137 Å². The van der Waals surface area contributed by atoms with Crippen LogP contribution in [0.25, 0.3) is 0 Å². The highest BCUT2D eigenvalue weighted by atomic mass is 79.9. The molecule has 0 unspecified atom stereocenters. The molecule has 0 aliphatic heterocycles. The van der Waals surface area contributed by atoms with Crippen molar-refractivity contribution in [2.45, 2.75) is 11.8 Å². The number of aryl methyl sites for hydroxylation is 1. The molecule has 0 saturated carbocycles. The predicted molar refractivity (Wildman–Crippen MR) is 92.0 cm³/mol. The van der Waals surface area contributed by atoms with Gasteiger partial charge in [0.15, 0.2) is 0 Å². The van der Waals surface area contributed by atoms with E-state index in [1.54, 1.807) is 30.3 Å². The molecular formula is C14H13BrN2O2S2. The maximum atomic E-state index is 12.4. The minimum Gasteiger partial charge on any atom is -0.389 e. The quantitative estimate of drug-likeness (QED) is 0.793. The van der Waals surface area contributed by atoms with E-state index in [0.717, 1.165) is 10.0 Å². The molecule has 0 spiro atoms. The summed E-state index contributed by atoms with van der Waals surface area (Å²) in [5.74, 6) is 0. The van der Waals surface area contributed by atoms with Crippen LogP contribution in [-0.4, -0.2) is 13.4 Å². The molecule has 110 valence electrons. The molecule has 2 rings (SSSR count). The van der Waals surface area contributed by atoms with Crippen LogP contribution in [0.4, 0.5) is 5.69 Å². The minimum atomic E-state index is -3.69. The third-order valence-corrected chi connectivity index (χ3v) is 4.87. The second kappa shape index (κ2) is 6.13. The molecule has 0 fully saturated rings. The van der Waals surface area contributed by atoms with Crippen molar-refractivity contribution in [3.63, 3.8) is 0 Å². The highest BCUT2D eigenvalue weighted by Crippen LogP contribution is 2.24. The van der Waals surface area contributed by atoms with E-state index in [1.165, 1.54) is 6.07 Å². The van der Waals surface area contributed by atoms with Crippen molar-refractivity contribution in [3.8, 4) is 0 Å². The fourth-order valence-electron chi connectivity index (χ4n) is 1.80. The molecular weight excluding hydrogens is 372 g/mol. The fraction of sp³-hybridized carbons (Fsp3) is 0.0714. The summed E-state index contributed by atoms with van der Waals surface area (Å²) < 4.78 is 28.1. The highest BCUT2D eigenvalue weighted by Gasteiger charge is 2.17. The summed E-state index contributed by atoms with van der Waals surface area (Å²) in [6.07, 6.45) is 0. The van der Waals surface area contributed by atoms with Crippen LogP contribution in [0.5, 0.6) is 0 Å². The van der Waals surface area contributed by atoms with Crippen molar-refractivity contribution in [2.75, 3.05) is 4.72 Å². The number of nitrogens with one attached hydrogen (secondary N) is 1. The lowest BCUT2D eigenvalue weighted by Gasteiger charge is -2.12. The van der Waals surface area contributed by atoms with Crippen molar-refractivity contribution < 1.29 is 8.42 Å². The third-order valence-electron chi connectivity index (χ3n) is 2.79. The topological polar surface area (TPSA) is 72.2 Å². The first kappa shape index (κ1) is 15.9. The van der Waals surface area contributed by atoms with Gasteiger partial charge < -0.3 is 5.73 Å². The Kier molecular flexibility index (Phi) is 4.65. The average molecular weight is 385 g/mol. The van der Waals surface area contributed by atoms with E-state index in [2.05, 4.69) is 20.7 Å². The zero-order chi connectivity index (χ0) is 15.6. The normalized spacial score (nSPS) is 11.1. The summed E-state index contributed by atoms with van der Waals surface area (Å²) in [6.45, 7) is 1.83. The molecule has 2 aromatic rings. The molecule has 21 heavy (non-hydrogen) atoms. The Hall–Kier alpha value is -1.44. The minimum absolute atomic E-state index is 0.129. The number of rotatable bonds is 4. The summed E-state index contributed by atoms with van der Waals surface area (Å²) in [7, 11) is -3.69. The van der Waals surface area contributed by atoms with E-state index < -0.39 is 10.0 Å². The number of hydrogen-bond donors (Lipinski definition) is 2. The van der Waals surface area contributed by atoms with Crippen molar-refractivity contribution in [1.29, 1.82) is 0 Å². The van der Waals surface area contributed by atoms with Crippen molar-refractivity contribution in [3.05, 3.63) is 58.1 Å². The molecule has 7 heteroatoms. The van der Waals surface area contributed by atoms with Gasteiger partial charge in [0.25, 0.3) is 10.0 Å². The second-order valence-electron chi connectivity index (χ2n) is 4.48. The molecule has 3 N–H and O–H groups in total. The summed E-state index contributed by atoms with van der Waals surface area (Å²) in [5, 5.41) is 0. The molecule has 0 aliphatic rings. The van der Waals surface area contributed by atoms with E-state index in [4.69, 9.17) is 18.0 Å². The van der Waals surface area contributed by atoms with Crippen LogP contribution in [-0.2, 0) is 10.0 Å². The Balaban J connectivity index is 2.46. The van der Waals surface area contributed by atoms with Gasteiger partial charge in [-0.3, -0.25) is 4.72 Å². The Morgan fingerprint density at radius 2 is 1.95 bits per heavy atom. The average Bonchev–Trinajstić information content (AvgIpc) is 2.38. The van der Waals surface area contributed by atoms with E-state index >= 15 is 0 Å². The van der Waals surface area contributed by atoms with E-state index in [-0.39, 0.29) is 9.88 Å². The first-order chi connectivity index (χ1) is 9.79. The third kappa shape index (κ3) is 3.81. The summed E-state index contributed by atoms with van der Waals surface area (Å²) in [6, 6.07) is 11.7. The molecule has 0 aliphatic carbocycles. The molecule has 4 nitrogen and oxygen atoms in total. The highest BCUT2D eigenvalue weighted by molar-refractivity contribution is 9.10. The first-order valence-electron chi connectivity index (χ1n) is 5.98. The van der Waals surface area contributed by atoms with Gasteiger partial charge in [0.1, 0.15) is 4.99 Å². The van der Waals surface area contributed by atoms with Gasteiger partial charge in [0.05, 0.1) is 10.6 Å². The largest absolute Gasteiger partial charge is 0.389 e. The van der Waals surface area contributed by atoms with Crippen LogP contribution in [0, 0.1) is 6.92 Å². The molecule has 0 heterocycles. The van der Waals surface area contributed by atoms with Crippen LogP contribution in [0.1, 0.15) is 11.1 Å². The van der Waals surface area contributed by atoms with Crippen LogP contribution in [0.3, 0.4) is 0 Å². The number of anilines is 1. The van der Waals surface area contributed by atoms with Crippen LogP contribution in [0.15, 0.2) is 51.8 Å². The molecule has 0 amide bonds. The lowest BCUT2D eigenvalue weighted by molar-refractivity contribution is 0.601. The monoisotopic (exact) mass is 384 g/mol. The maximum Gasteiger partial charge on any atom is 0.261 e. The van der Waals surface area contributed by atoms with Crippen molar-refractivity contribution >= 4 is 48.8 Å². The zero-order valence-corrected chi connectivity index (χ0v) is 14.3. The number of nitrogens with two attached hydrogens (primary N) is 1. The maximum absolute atomic E-state index is 12.4. The van der Waals surface area contributed by atoms with Gasteiger partial charge in [-0.1, -0.05) is 40.3 Å². The van der Waals surface area contributed by atoms with Crippen LogP contribution in [0.2, 0.25) is 0 Å². The number of benzene rings is 2. The number of thiocarbonyl (C=S) groups is 1. The molecule has 0 saturated heterocycles. The lowest BCUT2D eigenvalue weighted by atomic mass is 10.2. The molecule has 0 aromatic heterocycles. The number of sulfonamides is 1. The van der Waals surface area contributed by atoms with Crippen molar-refractivity contribution in [1.82, 2.24) is 0 Å². The molecule has 0 radical (unpaired) electrons. The summed E-state index contributed by atoms with van der Waals surface area (Å²) >= 11 is 8.25. The Morgan fingerprint density at radius 1 is 1.24 bits per heavy atom. The molecule has 0 bridgehead atoms. The number of halogens is 1. The van der Waals surface area contributed by atoms with Gasteiger partial charge in [-0.05, 0) is 42.8 Å². The van der Waals surface area contributed by atoms with Crippen LogP contribution < -0.4 is 10.5 Å². The smallest absolute Gasteiger partial charge is 0.261 e. The van der Waals surface area contributed by atoms with E-state index in [1.807, 2.05) is 13.0 Å².